The van der Waals surface area contributed by atoms with Crippen LogP contribution in [-0.2, 0) is 4.79 Å². The Balaban J connectivity index is 3.71. The average molecular weight is 188 g/mol. The van der Waals surface area contributed by atoms with Gasteiger partial charge in [0.1, 0.15) is 0 Å². The summed E-state index contributed by atoms with van der Waals surface area (Å²) in [6, 6.07) is 0. The molecule has 0 spiro atoms. The van der Waals surface area contributed by atoms with Crippen molar-refractivity contribution >= 4 is 5.91 Å². The van der Waals surface area contributed by atoms with Crippen LogP contribution in [0.15, 0.2) is 0 Å². The molecule has 3 N–H and O–H groups in total. The van der Waals surface area contributed by atoms with Crippen molar-refractivity contribution in [1.29, 1.82) is 0 Å². The Hall–Kier alpha value is -0.610. The second kappa shape index (κ2) is 8.01. The van der Waals surface area contributed by atoms with E-state index >= 15 is 0 Å². The van der Waals surface area contributed by atoms with E-state index in [9.17, 15) is 4.79 Å². The molecule has 1 amide bonds. The van der Waals surface area contributed by atoms with Gasteiger partial charge in [-0.15, -0.1) is 0 Å². The van der Waals surface area contributed by atoms with Crippen molar-refractivity contribution in [1.82, 2.24) is 4.90 Å². The van der Waals surface area contributed by atoms with E-state index in [2.05, 4.69) is 0 Å². The molecule has 0 aliphatic rings. The predicted octanol–water partition coefficient (Wildman–Crippen LogP) is -0.0438. The summed E-state index contributed by atoms with van der Waals surface area (Å²) >= 11 is 0. The van der Waals surface area contributed by atoms with Crippen LogP contribution in [0.5, 0.6) is 0 Å². The van der Waals surface area contributed by atoms with Crippen LogP contribution in [0.1, 0.15) is 26.2 Å². The topological polar surface area (TPSA) is 66.6 Å². The predicted molar refractivity (Wildman–Crippen MR) is 52.2 cm³/mol. The van der Waals surface area contributed by atoms with E-state index in [0.29, 0.717) is 32.5 Å². The molecule has 0 radical (unpaired) electrons. The minimum Gasteiger partial charge on any atom is -0.396 e. The lowest BCUT2D eigenvalue weighted by Crippen LogP contribution is -2.32. The van der Waals surface area contributed by atoms with Gasteiger partial charge in [-0.1, -0.05) is 0 Å². The van der Waals surface area contributed by atoms with Crippen molar-refractivity contribution in [2.45, 2.75) is 26.2 Å². The minimum absolute atomic E-state index is 0.140. The van der Waals surface area contributed by atoms with Gasteiger partial charge in [0.25, 0.3) is 0 Å². The molecule has 0 aliphatic carbocycles. The Labute approximate surface area is 79.7 Å². The van der Waals surface area contributed by atoms with Gasteiger partial charge < -0.3 is 15.7 Å². The molecule has 0 saturated carbocycles. The van der Waals surface area contributed by atoms with Crippen LogP contribution in [-0.4, -0.2) is 42.2 Å². The Bertz CT molecular complexity index is 140. The first-order valence-corrected chi connectivity index (χ1v) is 4.85. The zero-order valence-corrected chi connectivity index (χ0v) is 8.33. The van der Waals surface area contributed by atoms with Crippen LogP contribution < -0.4 is 5.73 Å². The maximum Gasteiger partial charge on any atom is 0.222 e. The van der Waals surface area contributed by atoms with Gasteiger partial charge >= 0.3 is 0 Å². The highest BCUT2D eigenvalue weighted by atomic mass is 16.3. The molecule has 0 bridgehead atoms. The van der Waals surface area contributed by atoms with E-state index in [4.69, 9.17) is 10.8 Å². The van der Waals surface area contributed by atoms with E-state index in [1.54, 1.807) is 4.90 Å². The fourth-order valence-electron chi connectivity index (χ4n) is 1.13. The van der Waals surface area contributed by atoms with E-state index in [1.807, 2.05) is 6.92 Å². The van der Waals surface area contributed by atoms with E-state index in [1.165, 1.54) is 0 Å². The van der Waals surface area contributed by atoms with Crippen LogP contribution in [0.25, 0.3) is 0 Å². The summed E-state index contributed by atoms with van der Waals surface area (Å²) in [5, 5.41) is 8.61. The summed E-state index contributed by atoms with van der Waals surface area (Å²) in [5.74, 6) is 0.140. The number of hydrogen-bond acceptors (Lipinski definition) is 3. The van der Waals surface area contributed by atoms with Gasteiger partial charge in [0.15, 0.2) is 0 Å². The van der Waals surface area contributed by atoms with Crippen molar-refractivity contribution in [3.05, 3.63) is 0 Å². The number of aliphatic hydroxyl groups is 1. The van der Waals surface area contributed by atoms with Crippen molar-refractivity contribution < 1.29 is 9.90 Å². The quantitative estimate of drug-likeness (QED) is 0.589. The smallest absolute Gasteiger partial charge is 0.222 e. The van der Waals surface area contributed by atoms with E-state index in [-0.39, 0.29) is 12.5 Å². The fourth-order valence-corrected chi connectivity index (χ4v) is 1.13. The minimum atomic E-state index is 0.140. The third-order valence-electron chi connectivity index (χ3n) is 1.92. The highest BCUT2D eigenvalue weighted by Crippen LogP contribution is 1.98. The molecule has 0 aromatic rings. The van der Waals surface area contributed by atoms with Gasteiger partial charge in [0.2, 0.25) is 5.91 Å². The molecule has 0 heterocycles. The third-order valence-corrected chi connectivity index (χ3v) is 1.92. The number of nitrogens with two attached hydrogens (primary N) is 1. The number of nitrogens with zero attached hydrogens (tertiary/aromatic N) is 1. The summed E-state index contributed by atoms with van der Waals surface area (Å²) in [7, 11) is 0. The summed E-state index contributed by atoms with van der Waals surface area (Å²) in [4.78, 5) is 13.2. The first kappa shape index (κ1) is 12.4. The van der Waals surface area contributed by atoms with Gasteiger partial charge in [-0.05, 0) is 26.3 Å². The van der Waals surface area contributed by atoms with Gasteiger partial charge in [-0.25, -0.2) is 0 Å². The SMILES string of the molecule is CCN(CCCO)C(=O)CCCN. The molecule has 0 fully saturated rings. The first-order chi connectivity index (χ1) is 6.26. The number of aliphatic hydroxyl groups excluding tert-OH is 1. The molecule has 0 aliphatic heterocycles. The normalized spacial score (nSPS) is 10.1. The lowest BCUT2D eigenvalue weighted by atomic mass is 10.2. The molecular weight excluding hydrogens is 168 g/mol. The van der Waals surface area contributed by atoms with Gasteiger partial charge in [0.05, 0.1) is 0 Å². The van der Waals surface area contributed by atoms with Crippen LogP contribution in [0.4, 0.5) is 0 Å². The zero-order valence-electron chi connectivity index (χ0n) is 8.33. The molecule has 78 valence electrons. The molecule has 0 rings (SSSR count). The molecular formula is C9H20N2O2. The van der Waals surface area contributed by atoms with Crippen molar-refractivity contribution in [2.75, 3.05) is 26.2 Å². The molecule has 0 aromatic heterocycles. The fraction of sp³-hybridized carbons (Fsp3) is 0.889. The maximum atomic E-state index is 11.4. The van der Waals surface area contributed by atoms with Crippen molar-refractivity contribution in [3.8, 4) is 0 Å². The van der Waals surface area contributed by atoms with E-state index < -0.39 is 0 Å². The second-order valence-electron chi connectivity index (χ2n) is 2.94. The van der Waals surface area contributed by atoms with E-state index in [0.717, 1.165) is 6.42 Å². The highest BCUT2D eigenvalue weighted by molar-refractivity contribution is 5.76. The van der Waals surface area contributed by atoms with Crippen LogP contribution in [0.3, 0.4) is 0 Å². The number of amides is 1. The number of rotatable bonds is 7. The zero-order chi connectivity index (χ0) is 10.1. The van der Waals surface area contributed by atoms with Gasteiger partial charge in [0, 0.05) is 26.1 Å². The highest BCUT2D eigenvalue weighted by Gasteiger charge is 2.09. The van der Waals surface area contributed by atoms with Crippen molar-refractivity contribution in [2.24, 2.45) is 5.73 Å². The number of carbonyl (C=O) groups excluding carboxylic acids is 1. The summed E-state index contributed by atoms with van der Waals surface area (Å²) < 4.78 is 0. The maximum absolute atomic E-state index is 11.4. The lowest BCUT2D eigenvalue weighted by molar-refractivity contribution is -0.131. The van der Waals surface area contributed by atoms with Gasteiger partial charge in [-0.3, -0.25) is 4.79 Å². The Kier molecular flexibility index (Phi) is 7.63. The number of carbonyl (C=O) groups is 1. The van der Waals surface area contributed by atoms with Crippen LogP contribution in [0.2, 0.25) is 0 Å². The van der Waals surface area contributed by atoms with Crippen LogP contribution in [0, 0.1) is 0 Å². The lowest BCUT2D eigenvalue weighted by Gasteiger charge is -2.20. The molecule has 4 nitrogen and oxygen atoms in total. The molecule has 0 atom stereocenters. The van der Waals surface area contributed by atoms with Crippen LogP contribution >= 0.6 is 0 Å². The molecule has 0 aromatic carbocycles. The standard InChI is InChI=1S/C9H20N2O2/c1-2-11(7-4-8-12)9(13)5-3-6-10/h12H,2-8,10H2,1H3. The largest absolute Gasteiger partial charge is 0.396 e. The summed E-state index contributed by atoms with van der Waals surface area (Å²) in [6.07, 6.45) is 1.92. The molecule has 0 saturated heterocycles. The average Bonchev–Trinajstić information content (AvgIpc) is 2.16. The Morgan fingerprint density at radius 2 is 2.15 bits per heavy atom. The Morgan fingerprint density at radius 3 is 2.62 bits per heavy atom. The third kappa shape index (κ3) is 5.60. The number of hydrogen-bond donors (Lipinski definition) is 2. The van der Waals surface area contributed by atoms with Gasteiger partial charge in [-0.2, -0.15) is 0 Å². The molecule has 4 heteroatoms. The van der Waals surface area contributed by atoms with Crippen molar-refractivity contribution in [3.63, 3.8) is 0 Å². The molecule has 13 heavy (non-hydrogen) atoms. The second-order valence-corrected chi connectivity index (χ2v) is 2.94. The Morgan fingerprint density at radius 1 is 1.46 bits per heavy atom. The summed E-state index contributed by atoms with van der Waals surface area (Å²) in [5.41, 5.74) is 5.31. The summed E-state index contributed by atoms with van der Waals surface area (Å²) in [6.45, 7) is 4.00. The first-order valence-electron chi connectivity index (χ1n) is 4.85. The monoisotopic (exact) mass is 188 g/mol. The molecule has 0 unspecified atom stereocenters.